The summed E-state index contributed by atoms with van der Waals surface area (Å²) in [5.74, 6) is -4.55. The van der Waals surface area contributed by atoms with Crippen molar-refractivity contribution in [2.75, 3.05) is 0 Å². The number of hydrogen-bond donors (Lipinski definition) is 1. The summed E-state index contributed by atoms with van der Waals surface area (Å²) in [6, 6.07) is 6.15. The number of allylic oxidation sites excluding steroid dienone is 1. The number of halogens is 4. The summed E-state index contributed by atoms with van der Waals surface area (Å²) in [7, 11) is -4.27. The Morgan fingerprint density at radius 1 is 1.02 bits per heavy atom. The van der Waals surface area contributed by atoms with Gasteiger partial charge in [-0.1, -0.05) is 5.57 Å². The van der Waals surface area contributed by atoms with Crippen molar-refractivity contribution in [3.63, 3.8) is 0 Å². The highest BCUT2D eigenvalue weighted by Crippen LogP contribution is 2.53. The number of ketones is 1. The second-order valence-electron chi connectivity index (χ2n) is 11.6. The maximum atomic E-state index is 14.4. The number of aromatic amines is 1. The first kappa shape index (κ1) is 28.6. The van der Waals surface area contributed by atoms with Gasteiger partial charge in [-0.25, -0.2) is 30.7 Å². The molecule has 7 rings (SSSR count). The van der Waals surface area contributed by atoms with Crippen molar-refractivity contribution < 1.29 is 30.8 Å². The molecule has 0 bridgehead atoms. The van der Waals surface area contributed by atoms with E-state index in [0.717, 1.165) is 22.6 Å². The number of pyridine rings is 1. The predicted octanol–water partition coefficient (Wildman–Crippen LogP) is 5.12. The van der Waals surface area contributed by atoms with Crippen LogP contribution in [0.3, 0.4) is 0 Å². The lowest BCUT2D eigenvalue weighted by molar-refractivity contribution is -0.116. The van der Waals surface area contributed by atoms with E-state index in [1.165, 1.54) is 24.5 Å². The molecule has 4 aromatic rings. The zero-order valence-electron chi connectivity index (χ0n) is 23.1. The summed E-state index contributed by atoms with van der Waals surface area (Å²) in [6.07, 6.45) is 6.26. The summed E-state index contributed by atoms with van der Waals surface area (Å²) >= 11 is 0. The third-order valence-electron chi connectivity index (χ3n) is 8.93. The number of carbonyl (C=O) groups excluding carboxylic acids is 1. The van der Waals surface area contributed by atoms with E-state index >= 15 is 0 Å². The van der Waals surface area contributed by atoms with Crippen LogP contribution < -0.4 is 0 Å². The minimum absolute atomic E-state index is 0.0316. The van der Waals surface area contributed by atoms with Crippen molar-refractivity contribution in [1.82, 2.24) is 29.3 Å². The second-order valence-corrected chi connectivity index (χ2v) is 13.5. The third kappa shape index (κ3) is 4.67. The summed E-state index contributed by atoms with van der Waals surface area (Å²) in [4.78, 5) is 18.4. The number of nitrogens with one attached hydrogen (secondary N) is 1. The minimum Gasteiger partial charge on any atom is -0.291 e. The standard InChI is InChI=1S/C30H26F4N6O3S/c31-20-2-5-22(6-3-20)39-27-9-19-1-4-23(40(24-13-30(33,34)14-24)44(42,43)25-16-36-37-17-25)12-29(19,11-18(27)15-38-39)28(41)26-10-21(32)7-8-35-26/h2-3,5-10,15-17,23-24H,1,4,11-14H2,(H,36,37)/t23-,29-/m0/s1. The smallest absolute Gasteiger partial charge is 0.251 e. The zero-order chi connectivity index (χ0) is 30.9. The van der Waals surface area contributed by atoms with Gasteiger partial charge in [0.2, 0.25) is 10.0 Å². The number of H-pyrrole nitrogens is 1. The van der Waals surface area contributed by atoms with Gasteiger partial charge in [-0.15, -0.1) is 0 Å². The van der Waals surface area contributed by atoms with Crippen molar-refractivity contribution in [3.05, 3.63) is 95.3 Å². The van der Waals surface area contributed by atoms with Gasteiger partial charge in [-0.2, -0.15) is 14.5 Å². The SMILES string of the molecule is O=C(c1cc(F)ccn1)[C@]12Cc3cnn(-c4ccc(F)cc4)c3C=C1CC[C@H](N(C1CC(F)(F)C1)S(=O)(=O)c1cn[nH]c1)C2. The minimum atomic E-state index is -4.27. The average molecular weight is 627 g/mol. The molecule has 14 heteroatoms. The first-order chi connectivity index (χ1) is 21.0. The number of Topliss-reactive ketones (excluding diaryl/α,β-unsaturated/α-hetero) is 1. The largest absolute Gasteiger partial charge is 0.291 e. The fourth-order valence-corrected chi connectivity index (χ4v) is 8.61. The number of carbonyl (C=O) groups is 1. The van der Waals surface area contributed by atoms with Crippen LogP contribution in [0.2, 0.25) is 0 Å². The predicted molar refractivity (Wildman–Crippen MR) is 149 cm³/mol. The first-order valence-corrected chi connectivity index (χ1v) is 15.5. The highest BCUT2D eigenvalue weighted by Gasteiger charge is 2.57. The third-order valence-corrected chi connectivity index (χ3v) is 10.9. The fraction of sp³-hybridized carbons (Fsp3) is 0.333. The molecule has 0 saturated heterocycles. The van der Waals surface area contributed by atoms with Gasteiger partial charge in [-0.3, -0.25) is 14.9 Å². The number of rotatable bonds is 7. The van der Waals surface area contributed by atoms with Crippen molar-refractivity contribution >= 4 is 21.9 Å². The molecule has 3 aliphatic rings. The molecule has 0 amide bonds. The van der Waals surface area contributed by atoms with E-state index in [2.05, 4.69) is 20.3 Å². The van der Waals surface area contributed by atoms with Crippen LogP contribution in [0.1, 0.15) is 53.8 Å². The molecule has 0 unspecified atom stereocenters. The van der Waals surface area contributed by atoms with Crippen LogP contribution in [0.15, 0.2) is 71.7 Å². The Morgan fingerprint density at radius 2 is 1.80 bits per heavy atom. The Bertz CT molecular complexity index is 1880. The van der Waals surface area contributed by atoms with Gasteiger partial charge in [0.05, 0.1) is 29.2 Å². The Balaban J connectivity index is 1.33. The van der Waals surface area contributed by atoms with Crippen LogP contribution in [0, 0.1) is 17.0 Å². The van der Waals surface area contributed by atoms with E-state index in [0.29, 0.717) is 22.5 Å². The molecular weight excluding hydrogens is 600 g/mol. The van der Waals surface area contributed by atoms with Crippen LogP contribution in [0.4, 0.5) is 17.6 Å². The molecule has 44 heavy (non-hydrogen) atoms. The molecule has 2 saturated carbocycles. The van der Waals surface area contributed by atoms with E-state index in [1.807, 2.05) is 6.08 Å². The van der Waals surface area contributed by atoms with Gasteiger partial charge in [0.15, 0.2) is 5.78 Å². The number of hydrogen-bond acceptors (Lipinski definition) is 6. The first-order valence-electron chi connectivity index (χ1n) is 14.1. The Labute approximate surface area is 249 Å². The fourth-order valence-electron chi connectivity index (χ4n) is 6.87. The lowest BCUT2D eigenvalue weighted by Gasteiger charge is -2.50. The molecule has 228 valence electrons. The molecule has 0 spiro atoms. The van der Waals surface area contributed by atoms with Crippen LogP contribution >= 0.6 is 0 Å². The van der Waals surface area contributed by atoms with Gasteiger partial charge in [-0.05, 0) is 67.7 Å². The Hall–Kier alpha value is -4.17. The van der Waals surface area contributed by atoms with Crippen molar-refractivity contribution in [3.8, 4) is 5.69 Å². The Kier molecular flexibility index (Phi) is 6.62. The molecule has 2 fully saturated rings. The van der Waals surface area contributed by atoms with E-state index in [1.54, 1.807) is 23.0 Å². The highest BCUT2D eigenvalue weighted by atomic mass is 32.2. The molecule has 3 aromatic heterocycles. The second kappa shape index (κ2) is 10.2. The molecule has 9 nitrogen and oxygen atoms in total. The molecule has 3 heterocycles. The van der Waals surface area contributed by atoms with E-state index in [4.69, 9.17) is 0 Å². The van der Waals surface area contributed by atoms with Gasteiger partial charge in [0.25, 0.3) is 5.92 Å². The number of benzene rings is 1. The molecule has 1 aromatic carbocycles. The quantitative estimate of drug-likeness (QED) is 0.225. The summed E-state index contributed by atoms with van der Waals surface area (Å²) in [5.41, 5.74) is 1.17. The van der Waals surface area contributed by atoms with E-state index in [9.17, 15) is 30.8 Å². The normalized spacial score (nSPS) is 23.0. The highest BCUT2D eigenvalue weighted by molar-refractivity contribution is 7.89. The van der Waals surface area contributed by atoms with Gasteiger partial charge >= 0.3 is 0 Å². The summed E-state index contributed by atoms with van der Waals surface area (Å²) < 4.78 is 86.7. The number of fused-ring (bicyclic) bond motifs is 2. The number of alkyl halides is 2. The number of nitrogens with zero attached hydrogens (tertiary/aromatic N) is 5. The summed E-state index contributed by atoms with van der Waals surface area (Å²) in [5, 5.41) is 10.7. The average Bonchev–Trinajstić information content (AvgIpc) is 3.66. The topological polar surface area (TPSA) is 114 Å². The number of sulfonamides is 1. The molecule has 0 aliphatic heterocycles. The van der Waals surface area contributed by atoms with Crippen molar-refractivity contribution in [2.45, 2.75) is 61.4 Å². The van der Waals surface area contributed by atoms with Crippen LogP contribution in [-0.2, 0) is 16.4 Å². The van der Waals surface area contributed by atoms with Crippen molar-refractivity contribution in [1.29, 1.82) is 0 Å². The van der Waals surface area contributed by atoms with E-state index < -0.39 is 63.7 Å². The molecule has 2 atom stereocenters. The Morgan fingerprint density at radius 3 is 2.48 bits per heavy atom. The monoisotopic (exact) mass is 626 g/mol. The van der Waals surface area contributed by atoms with Gasteiger partial charge in [0.1, 0.15) is 22.2 Å². The van der Waals surface area contributed by atoms with Gasteiger partial charge in [0, 0.05) is 43.4 Å². The van der Waals surface area contributed by atoms with Crippen molar-refractivity contribution in [2.24, 2.45) is 5.41 Å². The van der Waals surface area contributed by atoms with Gasteiger partial charge < -0.3 is 0 Å². The number of aromatic nitrogens is 5. The maximum absolute atomic E-state index is 14.4. The lowest BCUT2D eigenvalue weighted by Crippen LogP contribution is -2.59. The summed E-state index contributed by atoms with van der Waals surface area (Å²) in [6.45, 7) is 0. The lowest BCUT2D eigenvalue weighted by atomic mass is 9.60. The van der Waals surface area contributed by atoms with E-state index in [-0.39, 0.29) is 36.3 Å². The van der Waals surface area contributed by atoms with Crippen LogP contribution in [0.25, 0.3) is 11.8 Å². The molecular formula is C30H26F4N6O3S. The molecule has 3 aliphatic carbocycles. The van der Waals surface area contributed by atoms with Crippen LogP contribution in [0.5, 0.6) is 0 Å². The zero-order valence-corrected chi connectivity index (χ0v) is 23.9. The molecule has 1 N–H and O–H groups in total. The maximum Gasteiger partial charge on any atom is 0.251 e. The molecule has 0 radical (unpaired) electrons. The van der Waals surface area contributed by atoms with Crippen LogP contribution in [-0.4, -0.2) is 61.5 Å².